The van der Waals surface area contributed by atoms with Crippen LogP contribution in [0.2, 0.25) is 5.02 Å². The fourth-order valence-electron chi connectivity index (χ4n) is 2.23. The second-order valence-corrected chi connectivity index (χ2v) is 6.15. The van der Waals surface area contributed by atoms with Crippen LogP contribution in [0, 0.1) is 0 Å². The maximum atomic E-state index is 5.88. The maximum absolute atomic E-state index is 5.88. The van der Waals surface area contributed by atoms with Gasteiger partial charge in [-0.25, -0.2) is 0 Å². The first-order valence-electron chi connectivity index (χ1n) is 8.27. The van der Waals surface area contributed by atoms with E-state index in [0.29, 0.717) is 31.4 Å². The van der Waals surface area contributed by atoms with Gasteiger partial charge in [0.25, 0.3) is 0 Å². The van der Waals surface area contributed by atoms with Gasteiger partial charge in [0.1, 0.15) is 0 Å². The molecule has 0 unspecified atom stereocenters. The van der Waals surface area contributed by atoms with E-state index >= 15 is 0 Å². The molecule has 134 valence electrons. The van der Waals surface area contributed by atoms with E-state index in [1.54, 1.807) is 0 Å². The third-order valence-corrected chi connectivity index (χ3v) is 3.97. The number of rotatable bonds is 8. The van der Waals surface area contributed by atoms with Gasteiger partial charge in [0.15, 0.2) is 16.6 Å². The van der Waals surface area contributed by atoms with Gasteiger partial charge >= 0.3 is 0 Å². The van der Waals surface area contributed by atoms with Gasteiger partial charge in [-0.1, -0.05) is 29.8 Å². The first kappa shape index (κ1) is 19.3. The Labute approximate surface area is 159 Å². The summed E-state index contributed by atoms with van der Waals surface area (Å²) >= 11 is 11.2. The summed E-state index contributed by atoms with van der Waals surface area (Å²) in [6, 6.07) is 13.6. The molecular weight excluding hydrogens is 356 g/mol. The molecule has 4 nitrogen and oxygen atoms in total. The fourth-order valence-corrected chi connectivity index (χ4v) is 2.51. The highest BCUT2D eigenvalue weighted by atomic mass is 35.5. The lowest BCUT2D eigenvalue weighted by atomic mass is 10.2. The molecule has 0 radical (unpaired) electrons. The van der Waals surface area contributed by atoms with E-state index in [2.05, 4.69) is 10.6 Å². The van der Waals surface area contributed by atoms with Crippen molar-refractivity contribution in [2.45, 2.75) is 26.9 Å². The number of hydrogen-bond donors (Lipinski definition) is 2. The number of hydrogen-bond acceptors (Lipinski definition) is 3. The first-order valence-corrected chi connectivity index (χ1v) is 9.05. The molecule has 0 atom stereocenters. The van der Waals surface area contributed by atoms with Crippen molar-refractivity contribution >= 4 is 28.9 Å². The number of benzene rings is 2. The molecule has 0 saturated carbocycles. The quantitative estimate of drug-likeness (QED) is 0.670. The monoisotopic (exact) mass is 378 g/mol. The lowest BCUT2D eigenvalue weighted by Gasteiger charge is -2.14. The van der Waals surface area contributed by atoms with Crippen molar-refractivity contribution in [3.8, 4) is 11.5 Å². The smallest absolute Gasteiger partial charge is 0.166 e. The second-order valence-electron chi connectivity index (χ2n) is 5.31. The molecule has 6 heteroatoms. The molecule has 2 rings (SSSR count). The fraction of sp³-hybridized carbons (Fsp3) is 0.316. The van der Waals surface area contributed by atoms with E-state index in [9.17, 15) is 0 Å². The number of halogens is 1. The molecule has 0 heterocycles. The van der Waals surface area contributed by atoms with Gasteiger partial charge < -0.3 is 20.1 Å². The number of ether oxygens (including phenoxy) is 2. The Balaban J connectivity index is 1.86. The van der Waals surface area contributed by atoms with E-state index in [1.807, 2.05) is 56.3 Å². The van der Waals surface area contributed by atoms with Crippen LogP contribution in [0.1, 0.15) is 25.0 Å². The summed E-state index contributed by atoms with van der Waals surface area (Å²) in [5.74, 6) is 1.51. The van der Waals surface area contributed by atoms with Gasteiger partial charge in [-0.2, -0.15) is 0 Å². The molecule has 2 aromatic rings. The standard InChI is InChI=1S/C19H23ClN2O2S/c1-3-23-17-10-7-15(11-18(17)24-4-2)13-22-19(25)21-12-14-5-8-16(20)9-6-14/h5-11H,3-4,12-13H2,1-2H3,(H2,21,22,25). The summed E-state index contributed by atoms with van der Waals surface area (Å²) in [6.45, 7) is 6.37. The Morgan fingerprint density at radius 3 is 2.08 bits per heavy atom. The van der Waals surface area contributed by atoms with E-state index in [0.717, 1.165) is 27.6 Å². The third-order valence-electron chi connectivity index (χ3n) is 3.43. The van der Waals surface area contributed by atoms with Gasteiger partial charge in [-0.3, -0.25) is 0 Å². The molecule has 0 spiro atoms. The zero-order valence-electron chi connectivity index (χ0n) is 14.5. The Hall–Kier alpha value is -1.98. The van der Waals surface area contributed by atoms with Crippen LogP contribution in [0.25, 0.3) is 0 Å². The zero-order valence-corrected chi connectivity index (χ0v) is 16.0. The van der Waals surface area contributed by atoms with Gasteiger partial charge in [0, 0.05) is 18.1 Å². The van der Waals surface area contributed by atoms with Crippen LogP contribution in [0.15, 0.2) is 42.5 Å². The van der Waals surface area contributed by atoms with Gasteiger partial charge in [0.05, 0.1) is 13.2 Å². The average Bonchev–Trinajstić information content (AvgIpc) is 2.62. The van der Waals surface area contributed by atoms with E-state index in [4.69, 9.17) is 33.3 Å². The van der Waals surface area contributed by atoms with Crippen molar-refractivity contribution in [2.75, 3.05) is 13.2 Å². The summed E-state index contributed by atoms with van der Waals surface area (Å²) in [7, 11) is 0. The van der Waals surface area contributed by atoms with Crippen LogP contribution in [-0.4, -0.2) is 18.3 Å². The van der Waals surface area contributed by atoms with Gasteiger partial charge in [-0.15, -0.1) is 0 Å². The molecule has 0 aliphatic rings. The predicted molar refractivity (Wildman–Crippen MR) is 107 cm³/mol. The van der Waals surface area contributed by atoms with Crippen LogP contribution < -0.4 is 20.1 Å². The molecule has 0 fully saturated rings. The highest BCUT2D eigenvalue weighted by Crippen LogP contribution is 2.28. The van der Waals surface area contributed by atoms with Crippen LogP contribution in [0.3, 0.4) is 0 Å². The van der Waals surface area contributed by atoms with Gasteiger partial charge in [0.2, 0.25) is 0 Å². The summed E-state index contributed by atoms with van der Waals surface area (Å²) in [4.78, 5) is 0. The van der Waals surface area contributed by atoms with Crippen molar-refractivity contribution in [3.05, 3.63) is 58.6 Å². The molecule has 0 saturated heterocycles. The molecule has 0 bridgehead atoms. The minimum Gasteiger partial charge on any atom is -0.490 e. The second kappa shape index (κ2) is 10.1. The van der Waals surface area contributed by atoms with Crippen LogP contribution >= 0.6 is 23.8 Å². The van der Waals surface area contributed by atoms with E-state index < -0.39 is 0 Å². The lowest BCUT2D eigenvalue weighted by Crippen LogP contribution is -2.34. The highest BCUT2D eigenvalue weighted by Gasteiger charge is 2.06. The number of nitrogens with one attached hydrogen (secondary N) is 2. The van der Waals surface area contributed by atoms with Gasteiger partial charge in [-0.05, 0) is 61.5 Å². The van der Waals surface area contributed by atoms with Crippen LogP contribution in [0.5, 0.6) is 11.5 Å². The Morgan fingerprint density at radius 2 is 1.44 bits per heavy atom. The Kier molecular flexibility index (Phi) is 7.82. The van der Waals surface area contributed by atoms with Crippen molar-refractivity contribution in [1.29, 1.82) is 0 Å². The molecule has 0 aliphatic carbocycles. The summed E-state index contributed by atoms with van der Waals surface area (Å²) in [5.41, 5.74) is 2.19. The minimum atomic E-state index is 0.595. The van der Waals surface area contributed by atoms with Crippen LogP contribution in [0.4, 0.5) is 0 Å². The minimum absolute atomic E-state index is 0.595. The summed E-state index contributed by atoms with van der Waals surface area (Å²) in [6.07, 6.45) is 0. The molecule has 2 N–H and O–H groups in total. The van der Waals surface area contributed by atoms with Crippen molar-refractivity contribution in [1.82, 2.24) is 10.6 Å². The lowest BCUT2D eigenvalue weighted by molar-refractivity contribution is 0.287. The van der Waals surface area contributed by atoms with Crippen LogP contribution in [-0.2, 0) is 13.1 Å². The van der Waals surface area contributed by atoms with E-state index in [-0.39, 0.29) is 0 Å². The largest absolute Gasteiger partial charge is 0.490 e. The SMILES string of the molecule is CCOc1ccc(CNC(=S)NCc2ccc(Cl)cc2)cc1OCC. The topological polar surface area (TPSA) is 42.5 Å². The zero-order chi connectivity index (χ0) is 18.1. The summed E-state index contributed by atoms with van der Waals surface area (Å²) in [5, 5.41) is 7.71. The van der Waals surface area contributed by atoms with Crippen molar-refractivity contribution in [2.24, 2.45) is 0 Å². The average molecular weight is 379 g/mol. The molecule has 0 aliphatic heterocycles. The molecule has 0 aromatic heterocycles. The maximum Gasteiger partial charge on any atom is 0.166 e. The Bertz CT molecular complexity index is 692. The molecule has 25 heavy (non-hydrogen) atoms. The predicted octanol–water partition coefficient (Wildman–Crippen LogP) is 4.30. The Morgan fingerprint density at radius 1 is 0.880 bits per heavy atom. The normalized spacial score (nSPS) is 10.2. The number of thiocarbonyl (C=S) groups is 1. The molecule has 2 aromatic carbocycles. The molecular formula is C19H23ClN2O2S. The highest BCUT2D eigenvalue weighted by molar-refractivity contribution is 7.80. The van der Waals surface area contributed by atoms with Crippen molar-refractivity contribution < 1.29 is 9.47 Å². The van der Waals surface area contributed by atoms with E-state index in [1.165, 1.54) is 0 Å². The summed E-state index contributed by atoms with van der Waals surface area (Å²) < 4.78 is 11.2. The third kappa shape index (κ3) is 6.44. The van der Waals surface area contributed by atoms with Crippen molar-refractivity contribution in [3.63, 3.8) is 0 Å². The first-order chi connectivity index (χ1) is 12.1. The molecule has 0 amide bonds.